The second-order valence-corrected chi connectivity index (χ2v) is 9.03. The van der Waals surface area contributed by atoms with Crippen molar-refractivity contribution >= 4 is 32.4 Å². The number of benzene rings is 3. The fourth-order valence-corrected chi connectivity index (χ4v) is 5.80. The highest BCUT2D eigenvalue weighted by molar-refractivity contribution is 6.15. The summed E-state index contributed by atoms with van der Waals surface area (Å²) in [6.07, 6.45) is 8.48. The van der Waals surface area contributed by atoms with Gasteiger partial charge in [0.15, 0.2) is 17.7 Å². The van der Waals surface area contributed by atoms with Gasteiger partial charge in [-0.15, -0.1) is 0 Å². The summed E-state index contributed by atoms with van der Waals surface area (Å²) >= 11 is 0. The fourth-order valence-electron chi connectivity index (χ4n) is 5.80. The summed E-state index contributed by atoms with van der Waals surface area (Å²) in [5.74, 6) is 3.15. The predicted octanol–water partition coefficient (Wildman–Crippen LogP) is 6.35. The van der Waals surface area contributed by atoms with E-state index >= 15 is 0 Å². The van der Waals surface area contributed by atoms with Crippen LogP contribution in [0, 0.1) is 6.92 Å². The molecule has 0 bridgehead atoms. The third kappa shape index (κ3) is 3.08. The zero-order valence-corrected chi connectivity index (χ0v) is 19.7. The molecule has 0 amide bonds. The molecule has 0 radical (unpaired) electrons. The number of nitrogens with zero attached hydrogens (tertiary/aromatic N) is 1. The number of aryl methyl sites for hydroxylation is 2. The van der Waals surface area contributed by atoms with Gasteiger partial charge in [0.2, 0.25) is 5.52 Å². The molecule has 1 aromatic heterocycles. The summed E-state index contributed by atoms with van der Waals surface area (Å²) in [5, 5.41) is 6.05. The Hall–Kier alpha value is -3.01. The van der Waals surface area contributed by atoms with E-state index in [4.69, 9.17) is 14.2 Å². The number of hydrogen-bond acceptors (Lipinski definition) is 3. The Morgan fingerprint density at radius 1 is 0.750 bits per heavy atom. The number of rotatable bonds is 4. The molecule has 4 heteroatoms. The molecule has 166 valence electrons. The molecule has 3 aromatic carbocycles. The monoisotopic (exact) mass is 430 g/mol. The van der Waals surface area contributed by atoms with Gasteiger partial charge >= 0.3 is 0 Å². The van der Waals surface area contributed by atoms with E-state index < -0.39 is 0 Å². The number of hydrogen-bond donors (Lipinski definition) is 0. The van der Waals surface area contributed by atoms with E-state index in [0.29, 0.717) is 5.92 Å². The molecule has 4 aromatic rings. The predicted molar refractivity (Wildman–Crippen MR) is 130 cm³/mol. The van der Waals surface area contributed by atoms with Crippen molar-refractivity contribution in [2.45, 2.75) is 44.9 Å². The average Bonchev–Trinajstić information content (AvgIpc) is 2.82. The Morgan fingerprint density at radius 3 is 2.12 bits per heavy atom. The Morgan fingerprint density at radius 2 is 1.44 bits per heavy atom. The van der Waals surface area contributed by atoms with E-state index in [-0.39, 0.29) is 0 Å². The molecule has 0 atom stereocenters. The van der Waals surface area contributed by atoms with E-state index in [0.717, 1.165) is 28.2 Å². The van der Waals surface area contributed by atoms with Gasteiger partial charge in [-0.05, 0) is 48.8 Å². The minimum absolute atomic E-state index is 0.502. The van der Waals surface area contributed by atoms with Crippen molar-refractivity contribution in [1.82, 2.24) is 0 Å². The third-order valence-electron chi connectivity index (χ3n) is 7.25. The Balaban J connectivity index is 1.92. The van der Waals surface area contributed by atoms with E-state index in [1.165, 1.54) is 64.7 Å². The number of pyridine rings is 1. The topological polar surface area (TPSA) is 31.6 Å². The van der Waals surface area contributed by atoms with Gasteiger partial charge in [-0.3, -0.25) is 0 Å². The standard InChI is InChI=1S/C28H32NO3/c1-17-11-12-19-21-14-13-20-22(26(21)29(2)16-23(19)27(17)31-4)15-24(30-3)28(32-5)25(20)18-9-7-6-8-10-18/h11-16,18H,6-10H2,1-5H3/q+1. The quantitative estimate of drug-likeness (QED) is 0.279. The number of aromatic nitrogens is 1. The Bertz CT molecular complexity index is 1340. The lowest BCUT2D eigenvalue weighted by Crippen LogP contribution is -2.29. The average molecular weight is 431 g/mol. The highest BCUT2D eigenvalue weighted by Crippen LogP contribution is 2.47. The first-order chi connectivity index (χ1) is 15.6. The number of ether oxygens (including phenoxy) is 3. The second-order valence-electron chi connectivity index (χ2n) is 9.03. The van der Waals surface area contributed by atoms with Crippen molar-refractivity contribution in [1.29, 1.82) is 0 Å². The molecular weight excluding hydrogens is 398 g/mol. The summed E-state index contributed by atoms with van der Waals surface area (Å²) < 4.78 is 19.8. The summed E-state index contributed by atoms with van der Waals surface area (Å²) in [6, 6.07) is 11.1. The minimum atomic E-state index is 0.502. The van der Waals surface area contributed by atoms with Crippen LogP contribution in [0.2, 0.25) is 0 Å². The first-order valence-electron chi connectivity index (χ1n) is 11.6. The maximum atomic E-state index is 5.94. The Labute approximate surface area is 189 Å². The van der Waals surface area contributed by atoms with Gasteiger partial charge in [0.25, 0.3) is 0 Å². The molecule has 1 heterocycles. The van der Waals surface area contributed by atoms with Gasteiger partial charge in [-0.1, -0.05) is 37.5 Å². The van der Waals surface area contributed by atoms with E-state index in [1.54, 1.807) is 21.3 Å². The SMILES string of the molecule is COc1cc2c(ccc3c4ccc(C)c(OC)c4c[n+](C)c23)c(C2CCCCC2)c1OC. The highest BCUT2D eigenvalue weighted by atomic mass is 16.5. The van der Waals surface area contributed by atoms with Gasteiger partial charge in [0.05, 0.1) is 37.5 Å². The lowest BCUT2D eigenvalue weighted by molar-refractivity contribution is -0.642. The van der Waals surface area contributed by atoms with Gasteiger partial charge in [-0.2, -0.15) is 4.57 Å². The maximum absolute atomic E-state index is 5.94. The second kappa shape index (κ2) is 8.16. The van der Waals surface area contributed by atoms with Crippen LogP contribution in [-0.4, -0.2) is 21.3 Å². The Kier molecular flexibility index (Phi) is 5.32. The maximum Gasteiger partial charge on any atom is 0.220 e. The summed E-state index contributed by atoms with van der Waals surface area (Å²) in [5.41, 5.74) is 3.66. The van der Waals surface area contributed by atoms with E-state index in [9.17, 15) is 0 Å². The molecule has 0 saturated heterocycles. The molecule has 0 aliphatic heterocycles. The number of methoxy groups -OCH3 is 3. The third-order valence-corrected chi connectivity index (χ3v) is 7.25. The van der Waals surface area contributed by atoms with Crippen LogP contribution in [0.1, 0.15) is 49.1 Å². The summed E-state index contributed by atoms with van der Waals surface area (Å²) in [6.45, 7) is 2.09. The zero-order chi connectivity index (χ0) is 22.4. The summed E-state index contributed by atoms with van der Waals surface area (Å²) in [7, 11) is 7.38. The van der Waals surface area contributed by atoms with Crippen LogP contribution >= 0.6 is 0 Å². The molecule has 0 N–H and O–H groups in total. The minimum Gasteiger partial charge on any atom is -0.496 e. The van der Waals surface area contributed by atoms with E-state index in [1.807, 2.05) is 0 Å². The lowest BCUT2D eigenvalue weighted by atomic mass is 9.81. The van der Waals surface area contributed by atoms with Crippen LogP contribution in [0.25, 0.3) is 32.4 Å². The van der Waals surface area contributed by atoms with Crippen molar-refractivity contribution in [3.63, 3.8) is 0 Å². The van der Waals surface area contributed by atoms with Crippen LogP contribution in [0.15, 0.2) is 36.5 Å². The van der Waals surface area contributed by atoms with Crippen molar-refractivity contribution in [2.75, 3.05) is 21.3 Å². The van der Waals surface area contributed by atoms with Crippen LogP contribution in [0.4, 0.5) is 0 Å². The molecule has 5 rings (SSSR count). The van der Waals surface area contributed by atoms with Crippen LogP contribution in [0.5, 0.6) is 17.2 Å². The fraction of sp³-hybridized carbons (Fsp3) is 0.393. The highest BCUT2D eigenvalue weighted by Gasteiger charge is 2.27. The van der Waals surface area contributed by atoms with Gasteiger partial charge in [0, 0.05) is 10.9 Å². The molecule has 1 aliphatic carbocycles. The van der Waals surface area contributed by atoms with Gasteiger partial charge < -0.3 is 14.2 Å². The molecule has 0 unspecified atom stereocenters. The van der Waals surface area contributed by atoms with Crippen molar-refractivity contribution in [3.05, 3.63) is 47.7 Å². The molecule has 1 saturated carbocycles. The molecule has 0 spiro atoms. The molecule has 4 nitrogen and oxygen atoms in total. The van der Waals surface area contributed by atoms with Gasteiger partial charge in [0.1, 0.15) is 12.8 Å². The molecular formula is C28H32NO3+. The van der Waals surface area contributed by atoms with Crippen LogP contribution in [0.3, 0.4) is 0 Å². The normalized spacial score (nSPS) is 14.9. The first kappa shape index (κ1) is 20.9. The van der Waals surface area contributed by atoms with Crippen LogP contribution < -0.4 is 18.8 Å². The molecule has 1 aliphatic rings. The molecule has 1 fully saturated rings. The zero-order valence-electron chi connectivity index (χ0n) is 19.7. The van der Waals surface area contributed by atoms with Gasteiger partial charge in [-0.25, -0.2) is 0 Å². The largest absolute Gasteiger partial charge is 0.496 e. The van der Waals surface area contributed by atoms with Crippen LogP contribution in [-0.2, 0) is 7.05 Å². The van der Waals surface area contributed by atoms with E-state index in [2.05, 4.69) is 55.1 Å². The molecule has 32 heavy (non-hydrogen) atoms. The first-order valence-corrected chi connectivity index (χ1v) is 11.6. The summed E-state index contributed by atoms with van der Waals surface area (Å²) in [4.78, 5) is 0. The smallest absolute Gasteiger partial charge is 0.220 e. The van der Waals surface area contributed by atoms with Crippen molar-refractivity contribution in [3.8, 4) is 17.2 Å². The number of fused-ring (bicyclic) bond motifs is 5. The lowest BCUT2D eigenvalue weighted by Gasteiger charge is -2.26. The van der Waals surface area contributed by atoms with Crippen molar-refractivity contribution < 1.29 is 18.8 Å². The van der Waals surface area contributed by atoms with Crippen molar-refractivity contribution in [2.24, 2.45) is 7.05 Å².